The van der Waals surface area contributed by atoms with Gasteiger partial charge in [0.05, 0.1) is 19.8 Å². The highest BCUT2D eigenvalue weighted by molar-refractivity contribution is 5.52. The Morgan fingerprint density at radius 3 is 2.14 bits per heavy atom. The van der Waals surface area contributed by atoms with Gasteiger partial charge in [-0.05, 0) is 38.3 Å². The molecule has 0 fully saturated rings. The highest BCUT2D eigenvalue weighted by Gasteiger charge is 2.15. The van der Waals surface area contributed by atoms with Crippen molar-refractivity contribution in [3.8, 4) is 11.5 Å². The average molecular weight is 294 g/mol. The molecule has 0 saturated heterocycles. The van der Waals surface area contributed by atoms with Gasteiger partial charge in [-0.3, -0.25) is 0 Å². The Balaban J connectivity index is 2.99. The van der Waals surface area contributed by atoms with Crippen LogP contribution in [0, 0.1) is 13.8 Å². The number of ether oxygens (including phenoxy) is 3. The summed E-state index contributed by atoms with van der Waals surface area (Å²) in [7, 11) is 1.72. The molecule has 0 aromatic heterocycles. The Labute approximate surface area is 129 Å². The second kappa shape index (κ2) is 9.67. The highest BCUT2D eigenvalue weighted by atomic mass is 16.5. The van der Waals surface area contributed by atoms with Gasteiger partial charge in [0.15, 0.2) is 0 Å². The summed E-state index contributed by atoms with van der Waals surface area (Å²) in [5.41, 5.74) is 3.36. The van der Waals surface area contributed by atoms with Crippen LogP contribution in [-0.4, -0.2) is 20.3 Å². The fourth-order valence-electron chi connectivity index (χ4n) is 2.24. The Kier molecular flexibility index (Phi) is 8.21. The fraction of sp³-hybridized carbons (Fsp3) is 0.667. The number of unbranched alkanes of at least 4 members (excludes halogenated alkanes) is 2. The van der Waals surface area contributed by atoms with Crippen molar-refractivity contribution in [1.82, 2.24) is 0 Å². The third kappa shape index (κ3) is 5.24. The van der Waals surface area contributed by atoms with Gasteiger partial charge in [0.25, 0.3) is 0 Å². The molecule has 3 nitrogen and oxygen atoms in total. The van der Waals surface area contributed by atoms with E-state index >= 15 is 0 Å². The Hall–Kier alpha value is -1.22. The van der Waals surface area contributed by atoms with Crippen LogP contribution in [0.3, 0.4) is 0 Å². The molecule has 0 aliphatic carbocycles. The van der Waals surface area contributed by atoms with Crippen LogP contribution in [0.4, 0.5) is 0 Å². The Bertz CT molecular complexity index is 427. The standard InChI is InChI=1S/C18H30O3/c1-6-8-10-20-17-12-14(3)18(21-11-9-7-2)16(13-19-5)15(17)4/h12H,6-11,13H2,1-5H3. The lowest BCUT2D eigenvalue weighted by Gasteiger charge is -2.19. The zero-order valence-corrected chi connectivity index (χ0v) is 14.3. The number of aryl methyl sites for hydroxylation is 1. The largest absolute Gasteiger partial charge is 0.493 e. The minimum atomic E-state index is 0.555. The second-order valence-corrected chi connectivity index (χ2v) is 5.46. The molecule has 1 rings (SSSR count). The molecule has 0 bridgehead atoms. The lowest BCUT2D eigenvalue weighted by atomic mass is 10.0. The van der Waals surface area contributed by atoms with E-state index in [9.17, 15) is 0 Å². The van der Waals surface area contributed by atoms with Crippen molar-refractivity contribution in [1.29, 1.82) is 0 Å². The molecule has 120 valence electrons. The van der Waals surface area contributed by atoms with E-state index in [1.54, 1.807) is 7.11 Å². The fourth-order valence-corrected chi connectivity index (χ4v) is 2.24. The lowest BCUT2D eigenvalue weighted by Crippen LogP contribution is -2.07. The molecule has 0 aliphatic heterocycles. The van der Waals surface area contributed by atoms with Crippen LogP contribution in [0.2, 0.25) is 0 Å². The van der Waals surface area contributed by atoms with E-state index in [0.29, 0.717) is 6.61 Å². The summed E-state index contributed by atoms with van der Waals surface area (Å²) in [5, 5.41) is 0. The summed E-state index contributed by atoms with van der Waals surface area (Å²) in [6.45, 7) is 10.6. The molecule has 0 saturated carbocycles. The molecule has 1 aromatic carbocycles. The summed E-state index contributed by atoms with van der Waals surface area (Å²) >= 11 is 0. The smallest absolute Gasteiger partial charge is 0.128 e. The van der Waals surface area contributed by atoms with Gasteiger partial charge in [0.2, 0.25) is 0 Å². The normalized spacial score (nSPS) is 10.7. The Morgan fingerprint density at radius 2 is 1.57 bits per heavy atom. The van der Waals surface area contributed by atoms with Crippen LogP contribution in [-0.2, 0) is 11.3 Å². The molecule has 1 aromatic rings. The third-order valence-electron chi connectivity index (χ3n) is 3.59. The number of hydrogen-bond donors (Lipinski definition) is 0. The predicted octanol–water partition coefficient (Wildman–Crippen LogP) is 4.81. The van der Waals surface area contributed by atoms with Crippen molar-refractivity contribution in [2.45, 2.75) is 60.0 Å². The SMILES string of the molecule is CCCCOc1cc(C)c(OCCCC)c(COC)c1C. The second-order valence-electron chi connectivity index (χ2n) is 5.46. The molecule has 0 N–H and O–H groups in total. The van der Waals surface area contributed by atoms with E-state index in [-0.39, 0.29) is 0 Å². The quantitative estimate of drug-likeness (QED) is 0.580. The van der Waals surface area contributed by atoms with Gasteiger partial charge >= 0.3 is 0 Å². The summed E-state index contributed by atoms with van der Waals surface area (Å²) < 4.78 is 17.3. The minimum Gasteiger partial charge on any atom is -0.493 e. The van der Waals surface area contributed by atoms with Crippen LogP contribution in [0.5, 0.6) is 11.5 Å². The van der Waals surface area contributed by atoms with Crippen LogP contribution < -0.4 is 9.47 Å². The van der Waals surface area contributed by atoms with Gasteiger partial charge in [-0.25, -0.2) is 0 Å². The van der Waals surface area contributed by atoms with Crippen molar-refractivity contribution in [2.75, 3.05) is 20.3 Å². The molecule has 21 heavy (non-hydrogen) atoms. The number of benzene rings is 1. The van der Waals surface area contributed by atoms with E-state index in [0.717, 1.165) is 67.1 Å². The first-order valence-electron chi connectivity index (χ1n) is 8.03. The van der Waals surface area contributed by atoms with Gasteiger partial charge in [-0.15, -0.1) is 0 Å². The van der Waals surface area contributed by atoms with Gasteiger partial charge in [-0.1, -0.05) is 26.7 Å². The van der Waals surface area contributed by atoms with Crippen LogP contribution in [0.1, 0.15) is 56.2 Å². The molecule has 3 heteroatoms. The van der Waals surface area contributed by atoms with E-state index in [1.165, 1.54) is 0 Å². The summed E-state index contributed by atoms with van der Waals surface area (Å²) in [5.74, 6) is 1.92. The molecule has 0 radical (unpaired) electrons. The maximum Gasteiger partial charge on any atom is 0.128 e. The van der Waals surface area contributed by atoms with Gasteiger partial charge in [0, 0.05) is 18.2 Å². The van der Waals surface area contributed by atoms with Gasteiger partial charge in [-0.2, -0.15) is 0 Å². The minimum absolute atomic E-state index is 0.555. The zero-order valence-electron chi connectivity index (χ0n) is 14.3. The maximum atomic E-state index is 5.99. The molecule has 0 atom stereocenters. The van der Waals surface area contributed by atoms with Crippen LogP contribution in [0.25, 0.3) is 0 Å². The van der Waals surface area contributed by atoms with Crippen molar-refractivity contribution in [3.05, 3.63) is 22.8 Å². The average Bonchev–Trinajstić information content (AvgIpc) is 2.47. The van der Waals surface area contributed by atoms with Crippen molar-refractivity contribution < 1.29 is 14.2 Å². The van der Waals surface area contributed by atoms with Gasteiger partial charge < -0.3 is 14.2 Å². The lowest BCUT2D eigenvalue weighted by molar-refractivity contribution is 0.178. The highest BCUT2D eigenvalue weighted by Crippen LogP contribution is 2.34. The predicted molar refractivity (Wildman–Crippen MR) is 87.4 cm³/mol. The molecular weight excluding hydrogens is 264 g/mol. The first-order chi connectivity index (χ1) is 10.2. The summed E-state index contributed by atoms with van der Waals surface area (Å²) in [6.07, 6.45) is 4.42. The van der Waals surface area contributed by atoms with E-state index < -0.39 is 0 Å². The maximum absolute atomic E-state index is 5.99. The van der Waals surface area contributed by atoms with Crippen molar-refractivity contribution >= 4 is 0 Å². The van der Waals surface area contributed by atoms with Crippen LogP contribution in [0.15, 0.2) is 6.07 Å². The van der Waals surface area contributed by atoms with Crippen LogP contribution >= 0.6 is 0 Å². The van der Waals surface area contributed by atoms with Crippen molar-refractivity contribution in [3.63, 3.8) is 0 Å². The molecule has 0 aliphatic rings. The number of methoxy groups -OCH3 is 1. The molecular formula is C18H30O3. The summed E-state index contributed by atoms with van der Waals surface area (Å²) in [4.78, 5) is 0. The topological polar surface area (TPSA) is 27.7 Å². The van der Waals surface area contributed by atoms with E-state index in [1.807, 2.05) is 0 Å². The van der Waals surface area contributed by atoms with Gasteiger partial charge in [0.1, 0.15) is 11.5 Å². The molecule has 0 spiro atoms. The first kappa shape index (κ1) is 17.8. The zero-order chi connectivity index (χ0) is 15.7. The Morgan fingerprint density at radius 1 is 0.952 bits per heavy atom. The monoisotopic (exact) mass is 294 g/mol. The molecule has 0 unspecified atom stereocenters. The van der Waals surface area contributed by atoms with Crippen molar-refractivity contribution in [2.24, 2.45) is 0 Å². The molecule has 0 heterocycles. The number of rotatable bonds is 10. The first-order valence-corrected chi connectivity index (χ1v) is 8.03. The summed E-state index contributed by atoms with van der Waals surface area (Å²) in [6, 6.07) is 2.09. The number of hydrogen-bond acceptors (Lipinski definition) is 3. The molecule has 0 amide bonds. The van der Waals surface area contributed by atoms with E-state index in [2.05, 4.69) is 33.8 Å². The van der Waals surface area contributed by atoms with E-state index in [4.69, 9.17) is 14.2 Å². The third-order valence-corrected chi connectivity index (χ3v) is 3.59.